The van der Waals surface area contributed by atoms with Crippen LogP contribution in [0.4, 0.5) is 0 Å². The SMILES string of the molecule is CC1=C(Cc2c(O)cc(/C=C/c3ccc(O)cc3)c(C(=O)O)c2O)CCC(C)(C)C1. The first-order chi connectivity index (χ1) is 14.1. The van der Waals surface area contributed by atoms with E-state index in [4.69, 9.17) is 0 Å². The molecular formula is C25H28O5. The third-order valence-electron chi connectivity index (χ3n) is 5.82. The molecule has 158 valence electrons. The minimum absolute atomic E-state index is 0.118. The number of phenols is 3. The topological polar surface area (TPSA) is 98.0 Å². The van der Waals surface area contributed by atoms with Crippen LogP contribution in [0, 0.1) is 5.41 Å². The molecule has 3 rings (SSSR count). The molecule has 0 amide bonds. The van der Waals surface area contributed by atoms with Gasteiger partial charge >= 0.3 is 5.97 Å². The Kier molecular flexibility index (Phi) is 5.92. The maximum atomic E-state index is 11.9. The smallest absolute Gasteiger partial charge is 0.340 e. The Bertz CT molecular complexity index is 1030. The van der Waals surface area contributed by atoms with Gasteiger partial charge < -0.3 is 20.4 Å². The molecule has 0 spiro atoms. The number of aromatic hydroxyl groups is 3. The molecule has 0 aromatic heterocycles. The van der Waals surface area contributed by atoms with Crippen LogP contribution in [-0.2, 0) is 6.42 Å². The molecule has 0 saturated heterocycles. The average molecular weight is 408 g/mol. The number of rotatable bonds is 5. The van der Waals surface area contributed by atoms with E-state index in [0.29, 0.717) is 6.42 Å². The first kappa shape index (κ1) is 21.5. The molecule has 0 bridgehead atoms. The molecule has 1 aliphatic carbocycles. The third kappa shape index (κ3) is 4.67. The van der Waals surface area contributed by atoms with Crippen molar-refractivity contribution in [3.63, 3.8) is 0 Å². The van der Waals surface area contributed by atoms with Crippen molar-refractivity contribution in [3.05, 3.63) is 63.7 Å². The van der Waals surface area contributed by atoms with Crippen molar-refractivity contribution < 1.29 is 25.2 Å². The molecule has 4 N–H and O–H groups in total. The Hall–Kier alpha value is -3.21. The van der Waals surface area contributed by atoms with Crippen LogP contribution in [-0.4, -0.2) is 26.4 Å². The van der Waals surface area contributed by atoms with E-state index in [1.165, 1.54) is 29.8 Å². The number of hydrogen-bond donors (Lipinski definition) is 4. The second-order valence-electron chi connectivity index (χ2n) is 8.82. The maximum absolute atomic E-state index is 11.9. The Labute approximate surface area is 176 Å². The molecule has 0 heterocycles. The predicted molar refractivity (Wildman–Crippen MR) is 118 cm³/mol. The summed E-state index contributed by atoms with van der Waals surface area (Å²) in [4.78, 5) is 11.9. The standard InChI is InChI=1S/C25H28O5/c1-15-14-25(2,3)11-10-17(15)12-20-21(27)13-18(22(23(20)28)24(29)30)7-4-16-5-8-19(26)9-6-16/h4-9,13,26-28H,10-12,14H2,1-3H3,(H,29,30)/b7-4+. The zero-order chi connectivity index (χ0) is 22.1. The lowest BCUT2D eigenvalue weighted by atomic mass is 9.73. The minimum atomic E-state index is -1.26. The number of hydrogen-bond acceptors (Lipinski definition) is 4. The summed E-state index contributed by atoms with van der Waals surface area (Å²) in [5.41, 5.74) is 3.59. The molecule has 1 aliphatic rings. The van der Waals surface area contributed by atoms with Crippen molar-refractivity contribution in [1.82, 2.24) is 0 Å². The molecule has 2 aromatic carbocycles. The summed E-state index contributed by atoms with van der Waals surface area (Å²) < 4.78 is 0. The van der Waals surface area contributed by atoms with E-state index in [9.17, 15) is 25.2 Å². The summed E-state index contributed by atoms with van der Waals surface area (Å²) in [6.45, 7) is 6.51. The minimum Gasteiger partial charge on any atom is -0.508 e. The summed E-state index contributed by atoms with van der Waals surface area (Å²) in [5, 5.41) is 40.4. The van der Waals surface area contributed by atoms with E-state index >= 15 is 0 Å². The van der Waals surface area contributed by atoms with E-state index in [-0.39, 0.29) is 33.6 Å². The number of benzene rings is 2. The largest absolute Gasteiger partial charge is 0.508 e. The van der Waals surface area contributed by atoms with Crippen LogP contribution in [0.3, 0.4) is 0 Å². The van der Waals surface area contributed by atoms with E-state index in [1.54, 1.807) is 18.2 Å². The van der Waals surface area contributed by atoms with Crippen LogP contribution in [0.1, 0.15) is 67.1 Å². The molecule has 2 aromatic rings. The van der Waals surface area contributed by atoms with Crippen molar-refractivity contribution in [2.75, 3.05) is 0 Å². The van der Waals surface area contributed by atoms with Gasteiger partial charge in [0.05, 0.1) is 0 Å². The van der Waals surface area contributed by atoms with Gasteiger partial charge in [-0.15, -0.1) is 0 Å². The van der Waals surface area contributed by atoms with Crippen molar-refractivity contribution in [2.45, 2.75) is 46.5 Å². The molecule has 30 heavy (non-hydrogen) atoms. The van der Waals surface area contributed by atoms with Gasteiger partial charge in [0.25, 0.3) is 0 Å². The fourth-order valence-electron chi connectivity index (χ4n) is 4.10. The molecule has 0 fully saturated rings. The second kappa shape index (κ2) is 8.27. The highest BCUT2D eigenvalue weighted by Gasteiger charge is 2.27. The molecule has 5 nitrogen and oxygen atoms in total. The molecule has 0 radical (unpaired) electrons. The van der Waals surface area contributed by atoms with E-state index in [2.05, 4.69) is 20.8 Å². The number of carboxylic acid groups (broad SMARTS) is 1. The highest BCUT2D eigenvalue weighted by atomic mass is 16.4. The predicted octanol–water partition coefficient (Wildman–Crippen LogP) is 5.74. The quantitative estimate of drug-likeness (QED) is 0.373. The van der Waals surface area contributed by atoms with E-state index in [0.717, 1.165) is 30.4 Å². The van der Waals surface area contributed by atoms with Gasteiger partial charge in [-0.25, -0.2) is 4.79 Å². The number of carboxylic acids is 1. The van der Waals surface area contributed by atoms with Gasteiger partial charge in [-0.2, -0.15) is 0 Å². The van der Waals surface area contributed by atoms with Gasteiger partial charge in [-0.3, -0.25) is 0 Å². The fraction of sp³-hybridized carbons (Fsp3) is 0.320. The first-order valence-corrected chi connectivity index (χ1v) is 10.0. The highest BCUT2D eigenvalue weighted by molar-refractivity contribution is 5.97. The zero-order valence-corrected chi connectivity index (χ0v) is 17.6. The summed E-state index contributed by atoms with van der Waals surface area (Å²) in [5.74, 6) is -1.63. The van der Waals surface area contributed by atoms with Crippen LogP contribution in [0.5, 0.6) is 17.2 Å². The normalized spacial score (nSPS) is 16.2. The summed E-state index contributed by atoms with van der Waals surface area (Å²) in [6, 6.07) is 7.80. The van der Waals surface area contributed by atoms with Crippen LogP contribution in [0.15, 0.2) is 41.5 Å². The second-order valence-corrected chi connectivity index (χ2v) is 8.82. The highest BCUT2D eigenvalue weighted by Crippen LogP contribution is 2.42. The molecule has 0 aliphatic heterocycles. The van der Waals surface area contributed by atoms with Crippen molar-refractivity contribution in [3.8, 4) is 17.2 Å². The van der Waals surface area contributed by atoms with Gasteiger partial charge in [-0.1, -0.05) is 49.3 Å². The Morgan fingerprint density at radius 2 is 1.77 bits per heavy atom. The number of aromatic carboxylic acids is 1. The number of allylic oxidation sites excluding steroid dienone is 2. The zero-order valence-electron chi connectivity index (χ0n) is 17.6. The lowest BCUT2D eigenvalue weighted by molar-refractivity contribution is 0.0693. The Balaban J connectivity index is 1.98. The third-order valence-corrected chi connectivity index (χ3v) is 5.82. The van der Waals surface area contributed by atoms with Crippen molar-refractivity contribution in [1.29, 1.82) is 0 Å². The molecule has 0 atom stereocenters. The summed E-state index contributed by atoms with van der Waals surface area (Å²) >= 11 is 0. The Morgan fingerprint density at radius 3 is 2.37 bits per heavy atom. The van der Waals surface area contributed by atoms with Crippen LogP contribution in [0.25, 0.3) is 12.2 Å². The first-order valence-electron chi connectivity index (χ1n) is 10.0. The maximum Gasteiger partial charge on any atom is 0.340 e. The number of phenolic OH excluding ortho intramolecular Hbond substituents is 2. The fourth-order valence-corrected chi connectivity index (χ4v) is 4.10. The molecule has 0 saturated carbocycles. The lowest BCUT2D eigenvalue weighted by Gasteiger charge is -2.32. The van der Waals surface area contributed by atoms with Gasteiger partial charge in [0.15, 0.2) is 0 Å². The average Bonchev–Trinajstić information content (AvgIpc) is 2.65. The van der Waals surface area contributed by atoms with Crippen LogP contribution in [0.2, 0.25) is 0 Å². The van der Waals surface area contributed by atoms with Crippen molar-refractivity contribution in [2.24, 2.45) is 5.41 Å². The lowest BCUT2D eigenvalue weighted by Crippen LogP contribution is -2.18. The van der Waals surface area contributed by atoms with Crippen LogP contribution < -0.4 is 0 Å². The van der Waals surface area contributed by atoms with Gasteiger partial charge in [0.2, 0.25) is 0 Å². The van der Waals surface area contributed by atoms with Gasteiger partial charge in [-0.05, 0) is 60.9 Å². The molecular weight excluding hydrogens is 380 g/mol. The number of carbonyl (C=O) groups is 1. The van der Waals surface area contributed by atoms with Gasteiger partial charge in [0.1, 0.15) is 22.8 Å². The van der Waals surface area contributed by atoms with Crippen molar-refractivity contribution >= 4 is 18.1 Å². The summed E-state index contributed by atoms with van der Waals surface area (Å²) in [6.07, 6.45) is 6.36. The van der Waals surface area contributed by atoms with Crippen LogP contribution >= 0.6 is 0 Å². The molecule has 0 unspecified atom stereocenters. The molecule has 5 heteroatoms. The van der Waals surface area contributed by atoms with E-state index < -0.39 is 11.7 Å². The van der Waals surface area contributed by atoms with E-state index in [1.807, 2.05) is 0 Å². The van der Waals surface area contributed by atoms with Gasteiger partial charge in [0, 0.05) is 12.0 Å². The summed E-state index contributed by atoms with van der Waals surface area (Å²) in [7, 11) is 0. The monoisotopic (exact) mass is 408 g/mol. The Morgan fingerprint density at radius 1 is 1.10 bits per heavy atom.